The Balaban J connectivity index is 1.67. The first-order chi connectivity index (χ1) is 13.7. The quantitative estimate of drug-likeness (QED) is 0.748. The van der Waals surface area contributed by atoms with E-state index in [0.29, 0.717) is 17.4 Å². The average Bonchev–Trinajstić information content (AvgIpc) is 3.27. The van der Waals surface area contributed by atoms with Gasteiger partial charge in [-0.2, -0.15) is 10.1 Å². The summed E-state index contributed by atoms with van der Waals surface area (Å²) in [4.78, 5) is 17.3. The fourth-order valence-corrected chi connectivity index (χ4v) is 4.32. The molecule has 1 saturated carbocycles. The molecule has 2 aromatic carbocycles. The third-order valence-electron chi connectivity index (χ3n) is 5.78. The van der Waals surface area contributed by atoms with Crippen LogP contribution < -0.4 is 15.6 Å². The van der Waals surface area contributed by atoms with Crippen LogP contribution in [-0.2, 0) is 0 Å². The maximum absolute atomic E-state index is 12.8. The van der Waals surface area contributed by atoms with E-state index in [-0.39, 0.29) is 11.7 Å². The molecule has 0 spiro atoms. The van der Waals surface area contributed by atoms with E-state index < -0.39 is 0 Å². The molecular weight excluding hydrogens is 352 g/mol. The molecule has 28 heavy (non-hydrogen) atoms. The Morgan fingerprint density at radius 3 is 2.57 bits per heavy atom. The summed E-state index contributed by atoms with van der Waals surface area (Å²) in [5, 5.41) is 8.45. The number of fused-ring (bicyclic) bond motifs is 3. The molecule has 3 aromatic rings. The van der Waals surface area contributed by atoms with Crippen LogP contribution in [0.15, 0.2) is 53.3 Å². The van der Waals surface area contributed by atoms with E-state index in [1.54, 1.807) is 7.11 Å². The summed E-state index contributed by atoms with van der Waals surface area (Å²) in [6, 6.07) is 15.4. The molecule has 1 fully saturated rings. The van der Waals surface area contributed by atoms with Crippen LogP contribution in [0.2, 0.25) is 0 Å². The van der Waals surface area contributed by atoms with Gasteiger partial charge in [0.25, 0.3) is 5.56 Å². The second-order valence-electron chi connectivity index (χ2n) is 7.44. The third kappa shape index (κ3) is 2.76. The number of rotatable bonds is 3. The van der Waals surface area contributed by atoms with Gasteiger partial charge in [-0.1, -0.05) is 25.0 Å². The van der Waals surface area contributed by atoms with Gasteiger partial charge in [0.15, 0.2) is 11.5 Å². The number of para-hydroxylation sites is 1. The van der Waals surface area contributed by atoms with E-state index in [0.717, 1.165) is 35.4 Å². The van der Waals surface area contributed by atoms with Gasteiger partial charge in [-0.25, -0.2) is 4.68 Å². The maximum Gasteiger partial charge on any atom is 0.300 e. The second-order valence-corrected chi connectivity index (χ2v) is 7.44. The highest BCUT2D eigenvalue weighted by atomic mass is 16.5. The molecule has 1 aromatic heterocycles. The lowest BCUT2D eigenvalue weighted by Gasteiger charge is -2.33. The van der Waals surface area contributed by atoms with Crippen LogP contribution >= 0.6 is 0 Å². The molecule has 1 atom stereocenters. The van der Waals surface area contributed by atoms with Crippen molar-refractivity contribution in [2.45, 2.75) is 31.8 Å². The highest BCUT2D eigenvalue weighted by Gasteiger charge is 2.33. The van der Waals surface area contributed by atoms with Crippen LogP contribution in [-0.4, -0.2) is 21.9 Å². The van der Waals surface area contributed by atoms with Crippen molar-refractivity contribution in [3.63, 3.8) is 0 Å². The van der Waals surface area contributed by atoms with Crippen LogP contribution in [0.25, 0.3) is 22.6 Å². The van der Waals surface area contributed by atoms with Gasteiger partial charge in [0.1, 0.15) is 11.9 Å². The third-order valence-corrected chi connectivity index (χ3v) is 5.78. The molecule has 1 N–H and O–H groups in total. The monoisotopic (exact) mass is 374 g/mol. The highest BCUT2D eigenvalue weighted by molar-refractivity contribution is 5.76. The Kier molecular flexibility index (Phi) is 4.11. The van der Waals surface area contributed by atoms with Crippen molar-refractivity contribution < 1.29 is 4.74 Å². The minimum absolute atomic E-state index is 0.0116. The predicted octanol–water partition coefficient (Wildman–Crippen LogP) is 4.10. The van der Waals surface area contributed by atoms with Gasteiger partial charge in [0, 0.05) is 16.8 Å². The largest absolute Gasteiger partial charge is 0.497 e. The van der Waals surface area contributed by atoms with E-state index in [2.05, 4.69) is 10.3 Å². The molecule has 0 radical (unpaired) electrons. The van der Waals surface area contributed by atoms with Crippen molar-refractivity contribution in [2.75, 3.05) is 12.4 Å². The lowest BCUT2D eigenvalue weighted by molar-refractivity contribution is 0.337. The molecular formula is C22H22N4O2. The average molecular weight is 374 g/mol. The molecule has 1 aliphatic heterocycles. The van der Waals surface area contributed by atoms with Gasteiger partial charge >= 0.3 is 0 Å². The number of nitrogens with zero attached hydrogens (tertiary/aromatic N) is 3. The summed E-state index contributed by atoms with van der Waals surface area (Å²) in [5.74, 6) is 1.87. The SMILES string of the molecule is COc1ccc(-c2nn3c(nc2=O)-c2ccccc2NC3C2CCCC2)cc1. The van der Waals surface area contributed by atoms with Crippen LogP contribution in [0.1, 0.15) is 31.8 Å². The van der Waals surface area contributed by atoms with Gasteiger partial charge in [0.2, 0.25) is 0 Å². The van der Waals surface area contributed by atoms with Gasteiger partial charge in [0.05, 0.1) is 7.11 Å². The zero-order valence-electron chi connectivity index (χ0n) is 15.8. The van der Waals surface area contributed by atoms with Crippen LogP contribution in [0.4, 0.5) is 5.69 Å². The highest BCUT2D eigenvalue weighted by Crippen LogP contribution is 2.41. The zero-order valence-corrected chi connectivity index (χ0v) is 15.8. The molecule has 0 amide bonds. The fraction of sp³-hybridized carbons (Fsp3) is 0.318. The zero-order chi connectivity index (χ0) is 19.1. The van der Waals surface area contributed by atoms with Gasteiger partial charge in [-0.05, 0) is 55.2 Å². The Bertz CT molecular complexity index is 1070. The van der Waals surface area contributed by atoms with E-state index in [9.17, 15) is 4.79 Å². The minimum atomic E-state index is -0.307. The van der Waals surface area contributed by atoms with Gasteiger partial charge in [-0.3, -0.25) is 4.79 Å². The summed E-state index contributed by atoms with van der Waals surface area (Å²) >= 11 is 0. The van der Waals surface area contributed by atoms with Crippen molar-refractivity contribution >= 4 is 5.69 Å². The minimum Gasteiger partial charge on any atom is -0.497 e. The Morgan fingerprint density at radius 2 is 1.82 bits per heavy atom. The van der Waals surface area contributed by atoms with Crippen molar-refractivity contribution in [3.8, 4) is 28.4 Å². The Labute approximate surface area is 163 Å². The summed E-state index contributed by atoms with van der Waals surface area (Å²) in [7, 11) is 1.62. The standard InChI is InChI=1S/C22H22N4O2/c1-28-16-12-10-14(11-13-16)19-22(27)24-21-17-8-4-5-9-18(17)23-20(26(21)25-19)15-6-2-3-7-15/h4-5,8-13,15,20,23H,2-3,6-7H2,1H3. The predicted molar refractivity (Wildman–Crippen MR) is 108 cm³/mol. The van der Waals surface area contributed by atoms with E-state index in [1.807, 2.05) is 53.2 Å². The lowest BCUT2D eigenvalue weighted by Crippen LogP contribution is -2.35. The first-order valence-corrected chi connectivity index (χ1v) is 9.76. The number of hydrogen-bond acceptors (Lipinski definition) is 5. The Hall–Kier alpha value is -3.15. The topological polar surface area (TPSA) is 69.0 Å². The number of aromatic nitrogens is 3. The number of benzene rings is 2. The molecule has 1 aliphatic carbocycles. The number of ether oxygens (including phenoxy) is 1. The Morgan fingerprint density at radius 1 is 1.07 bits per heavy atom. The molecule has 142 valence electrons. The van der Waals surface area contributed by atoms with Gasteiger partial charge in [-0.15, -0.1) is 0 Å². The molecule has 6 nitrogen and oxygen atoms in total. The normalized spacial score (nSPS) is 18.2. The molecule has 5 rings (SSSR count). The second kappa shape index (κ2) is 6.78. The number of methoxy groups -OCH3 is 1. The van der Waals surface area contributed by atoms with E-state index in [1.165, 1.54) is 12.8 Å². The van der Waals surface area contributed by atoms with Crippen LogP contribution in [0.5, 0.6) is 5.75 Å². The lowest BCUT2D eigenvalue weighted by atomic mass is 10.0. The molecule has 0 bridgehead atoms. The van der Waals surface area contributed by atoms with Crippen LogP contribution in [0, 0.1) is 5.92 Å². The number of hydrogen-bond donors (Lipinski definition) is 1. The van der Waals surface area contributed by atoms with Crippen LogP contribution in [0.3, 0.4) is 0 Å². The molecule has 1 unspecified atom stereocenters. The molecule has 0 saturated heterocycles. The molecule has 2 heterocycles. The van der Waals surface area contributed by atoms with Crippen molar-refractivity contribution in [1.29, 1.82) is 0 Å². The number of anilines is 1. The summed E-state index contributed by atoms with van der Waals surface area (Å²) in [5.41, 5.74) is 2.75. The summed E-state index contributed by atoms with van der Waals surface area (Å²) in [6.07, 6.45) is 4.80. The van der Waals surface area contributed by atoms with Crippen molar-refractivity contribution in [2.24, 2.45) is 5.92 Å². The smallest absolute Gasteiger partial charge is 0.300 e. The van der Waals surface area contributed by atoms with E-state index >= 15 is 0 Å². The molecule has 6 heteroatoms. The first kappa shape index (κ1) is 17.0. The van der Waals surface area contributed by atoms with E-state index in [4.69, 9.17) is 9.84 Å². The number of nitrogens with one attached hydrogen (secondary N) is 1. The first-order valence-electron chi connectivity index (χ1n) is 9.76. The summed E-state index contributed by atoms with van der Waals surface area (Å²) < 4.78 is 7.15. The van der Waals surface area contributed by atoms with Gasteiger partial charge < -0.3 is 10.1 Å². The molecule has 2 aliphatic rings. The van der Waals surface area contributed by atoms with Crippen molar-refractivity contribution in [1.82, 2.24) is 14.8 Å². The van der Waals surface area contributed by atoms with Crippen molar-refractivity contribution in [3.05, 3.63) is 58.9 Å². The summed E-state index contributed by atoms with van der Waals surface area (Å²) in [6.45, 7) is 0. The fourth-order valence-electron chi connectivity index (χ4n) is 4.32. The maximum atomic E-state index is 12.8.